The van der Waals surface area contributed by atoms with Crippen molar-refractivity contribution in [1.29, 1.82) is 0 Å². The van der Waals surface area contributed by atoms with Gasteiger partial charge in [0.15, 0.2) is 5.65 Å². The summed E-state index contributed by atoms with van der Waals surface area (Å²) in [7, 11) is 0. The quantitative estimate of drug-likeness (QED) is 0.453. The van der Waals surface area contributed by atoms with Crippen molar-refractivity contribution in [3.8, 4) is 11.3 Å². The first-order chi connectivity index (χ1) is 11.0. The Morgan fingerprint density at radius 2 is 2.00 bits per heavy atom. The van der Waals surface area contributed by atoms with Crippen LogP contribution in [0.2, 0.25) is 0 Å². The predicted molar refractivity (Wildman–Crippen MR) is 87.3 cm³/mol. The van der Waals surface area contributed by atoms with Gasteiger partial charge in [-0.15, -0.1) is 0 Å². The number of H-pyrrole nitrogens is 2. The molecule has 0 aliphatic heterocycles. The molecule has 5 N–H and O–H groups in total. The number of benzene rings is 1. The average molecular weight is 307 g/mol. The number of nitrogens with two attached hydrogens (primary N) is 1. The van der Waals surface area contributed by atoms with Crippen molar-refractivity contribution in [1.82, 2.24) is 19.9 Å². The van der Waals surface area contributed by atoms with E-state index in [9.17, 15) is 4.79 Å². The second kappa shape index (κ2) is 4.57. The molecule has 0 atom stereocenters. The lowest BCUT2D eigenvalue weighted by Crippen LogP contribution is -1.94. The summed E-state index contributed by atoms with van der Waals surface area (Å²) in [5.74, 6) is 0.182. The Balaban J connectivity index is 1.97. The number of hydrogen-bond donors (Lipinski definition) is 4. The standard InChI is InChI=1S/C16H13N5O2/c1-7-18-14-10(6-13(17)21-15(14)19-7)12-5-9-4-8(16(22)23)2-3-11(9)20-12/h2-6,20H,1H3,(H,22,23)(H3,17,18,19,21). The average Bonchev–Trinajstić information content (AvgIpc) is 3.07. The monoisotopic (exact) mass is 307 g/mol. The molecule has 0 aliphatic rings. The Morgan fingerprint density at radius 3 is 2.78 bits per heavy atom. The number of carboxylic acid groups (broad SMARTS) is 1. The van der Waals surface area contributed by atoms with Gasteiger partial charge in [0.1, 0.15) is 11.6 Å². The van der Waals surface area contributed by atoms with Gasteiger partial charge in [0, 0.05) is 22.2 Å². The van der Waals surface area contributed by atoms with E-state index in [1.54, 1.807) is 24.3 Å². The van der Waals surface area contributed by atoms with Gasteiger partial charge in [-0.2, -0.15) is 0 Å². The van der Waals surface area contributed by atoms with Crippen molar-refractivity contribution in [2.75, 3.05) is 5.73 Å². The maximum absolute atomic E-state index is 11.1. The largest absolute Gasteiger partial charge is 0.478 e. The first-order valence-electron chi connectivity index (χ1n) is 7.00. The SMILES string of the molecule is Cc1nc2nc(N)cc(-c3cc4cc(C(=O)O)ccc4[nH]3)c2[nH]1. The van der Waals surface area contributed by atoms with Gasteiger partial charge in [-0.05, 0) is 37.3 Å². The Bertz CT molecular complexity index is 1080. The fourth-order valence-corrected chi connectivity index (χ4v) is 2.75. The van der Waals surface area contributed by atoms with E-state index in [2.05, 4.69) is 19.9 Å². The van der Waals surface area contributed by atoms with Crippen molar-refractivity contribution in [3.05, 3.63) is 41.7 Å². The Morgan fingerprint density at radius 1 is 1.17 bits per heavy atom. The summed E-state index contributed by atoms with van der Waals surface area (Å²) < 4.78 is 0. The summed E-state index contributed by atoms with van der Waals surface area (Å²) in [5.41, 5.74) is 10.00. The van der Waals surface area contributed by atoms with Gasteiger partial charge < -0.3 is 20.8 Å². The van der Waals surface area contributed by atoms with Crippen molar-refractivity contribution in [2.24, 2.45) is 0 Å². The van der Waals surface area contributed by atoms with Gasteiger partial charge >= 0.3 is 5.97 Å². The molecule has 7 nitrogen and oxygen atoms in total. The minimum Gasteiger partial charge on any atom is -0.478 e. The number of nitrogen functional groups attached to an aromatic ring is 1. The minimum absolute atomic E-state index is 0.250. The number of hydrogen-bond acceptors (Lipinski definition) is 4. The molecule has 0 spiro atoms. The van der Waals surface area contributed by atoms with Gasteiger partial charge in [0.25, 0.3) is 0 Å². The van der Waals surface area contributed by atoms with Crippen LogP contribution in [0.5, 0.6) is 0 Å². The van der Waals surface area contributed by atoms with Crippen LogP contribution in [0.1, 0.15) is 16.2 Å². The van der Waals surface area contributed by atoms with E-state index in [0.717, 1.165) is 33.5 Å². The van der Waals surface area contributed by atoms with Crippen LogP contribution >= 0.6 is 0 Å². The Hall–Kier alpha value is -3.35. The smallest absolute Gasteiger partial charge is 0.335 e. The van der Waals surface area contributed by atoms with E-state index in [1.165, 1.54) is 0 Å². The fraction of sp³-hybridized carbons (Fsp3) is 0.0625. The summed E-state index contributed by atoms with van der Waals surface area (Å²) in [4.78, 5) is 26.1. The molecule has 0 radical (unpaired) electrons. The molecule has 114 valence electrons. The summed E-state index contributed by atoms with van der Waals surface area (Å²) in [5, 5.41) is 9.92. The van der Waals surface area contributed by atoms with Crippen molar-refractivity contribution in [3.63, 3.8) is 0 Å². The summed E-state index contributed by atoms with van der Waals surface area (Å²) in [6, 6.07) is 8.62. The highest BCUT2D eigenvalue weighted by molar-refractivity contribution is 5.98. The van der Waals surface area contributed by atoms with Gasteiger partial charge in [-0.3, -0.25) is 0 Å². The number of anilines is 1. The number of pyridine rings is 1. The molecular weight excluding hydrogens is 294 g/mol. The molecule has 0 saturated carbocycles. The van der Waals surface area contributed by atoms with Gasteiger partial charge in [0.2, 0.25) is 0 Å². The van der Waals surface area contributed by atoms with Crippen LogP contribution in [0.25, 0.3) is 33.3 Å². The van der Waals surface area contributed by atoms with Gasteiger partial charge in [-0.25, -0.2) is 14.8 Å². The maximum Gasteiger partial charge on any atom is 0.335 e. The molecule has 23 heavy (non-hydrogen) atoms. The number of carbonyl (C=O) groups is 1. The summed E-state index contributed by atoms with van der Waals surface area (Å²) >= 11 is 0. The lowest BCUT2D eigenvalue weighted by atomic mass is 10.1. The molecule has 0 fully saturated rings. The summed E-state index contributed by atoms with van der Waals surface area (Å²) in [6.07, 6.45) is 0. The molecule has 7 heteroatoms. The number of nitrogens with zero attached hydrogens (tertiary/aromatic N) is 2. The number of fused-ring (bicyclic) bond motifs is 2. The summed E-state index contributed by atoms with van der Waals surface area (Å²) in [6.45, 7) is 1.85. The maximum atomic E-state index is 11.1. The van der Waals surface area contributed by atoms with Crippen molar-refractivity contribution < 1.29 is 9.90 Å². The van der Waals surface area contributed by atoms with Crippen molar-refractivity contribution >= 4 is 33.9 Å². The Labute approximate surface area is 130 Å². The topological polar surface area (TPSA) is 121 Å². The van der Waals surface area contributed by atoms with Gasteiger partial charge in [0.05, 0.1) is 11.1 Å². The van der Waals surface area contributed by atoms with Crippen molar-refractivity contribution in [2.45, 2.75) is 6.92 Å². The molecule has 4 aromatic rings. The third-order valence-electron chi connectivity index (χ3n) is 3.76. The van der Waals surface area contributed by atoms with E-state index < -0.39 is 5.97 Å². The number of rotatable bonds is 2. The highest BCUT2D eigenvalue weighted by Crippen LogP contribution is 2.30. The minimum atomic E-state index is -0.950. The highest BCUT2D eigenvalue weighted by atomic mass is 16.4. The van der Waals surface area contributed by atoms with E-state index >= 15 is 0 Å². The van der Waals surface area contributed by atoms with Crippen LogP contribution in [0.4, 0.5) is 5.82 Å². The first kappa shape index (κ1) is 13.3. The molecule has 0 bridgehead atoms. The fourth-order valence-electron chi connectivity index (χ4n) is 2.75. The molecule has 4 rings (SSSR count). The van der Waals surface area contributed by atoms with E-state index in [4.69, 9.17) is 10.8 Å². The predicted octanol–water partition coefficient (Wildman–Crippen LogP) is 2.70. The third kappa shape index (κ3) is 2.10. The molecule has 0 unspecified atom stereocenters. The number of aromatic carboxylic acids is 1. The Kier molecular flexibility index (Phi) is 2.65. The first-order valence-corrected chi connectivity index (χ1v) is 7.00. The van der Waals surface area contributed by atoms with Crippen LogP contribution in [-0.2, 0) is 0 Å². The number of aromatic nitrogens is 4. The molecule has 3 heterocycles. The highest BCUT2D eigenvalue weighted by Gasteiger charge is 2.13. The zero-order valence-electron chi connectivity index (χ0n) is 12.2. The molecule has 0 saturated heterocycles. The second-order valence-electron chi connectivity index (χ2n) is 5.41. The number of aryl methyl sites for hydroxylation is 1. The number of nitrogens with one attached hydrogen (secondary N) is 2. The molecular formula is C16H13N5O2. The normalized spacial score (nSPS) is 11.3. The van der Waals surface area contributed by atoms with E-state index in [-0.39, 0.29) is 5.56 Å². The third-order valence-corrected chi connectivity index (χ3v) is 3.76. The number of aromatic amines is 2. The molecule has 0 aliphatic carbocycles. The van der Waals surface area contributed by atoms with Gasteiger partial charge in [-0.1, -0.05) is 0 Å². The number of carboxylic acids is 1. The molecule has 1 aromatic carbocycles. The van der Waals surface area contributed by atoms with Crippen LogP contribution in [0, 0.1) is 6.92 Å². The molecule has 3 aromatic heterocycles. The van der Waals surface area contributed by atoms with E-state index in [0.29, 0.717) is 11.5 Å². The lowest BCUT2D eigenvalue weighted by molar-refractivity contribution is 0.0697. The second-order valence-corrected chi connectivity index (χ2v) is 5.41. The molecule has 0 amide bonds. The van der Waals surface area contributed by atoms with Crippen LogP contribution in [0.3, 0.4) is 0 Å². The van der Waals surface area contributed by atoms with E-state index in [1.807, 2.05) is 13.0 Å². The zero-order chi connectivity index (χ0) is 16.1. The van der Waals surface area contributed by atoms with Crippen LogP contribution < -0.4 is 5.73 Å². The zero-order valence-corrected chi connectivity index (χ0v) is 12.2. The van der Waals surface area contributed by atoms with Crippen LogP contribution in [0.15, 0.2) is 30.3 Å². The number of imidazole rings is 1. The van der Waals surface area contributed by atoms with Crippen LogP contribution in [-0.4, -0.2) is 31.0 Å². The lowest BCUT2D eigenvalue weighted by Gasteiger charge is -2.01.